The van der Waals surface area contributed by atoms with Crippen molar-refractivity contribution in [2.45, 2.75) is 6.61 Å². The Morgan fingerprint density at radius 3 is 2.78 bits per heavy atom. The Morgan fingerprint density at radius 1 is 1.28 bits per heavy atom. The fourth-order valence-corrected chi connectivity index (χ4v) is 2.48. The van der Waals surface area contributed by atoms with E-state index >= 15 is 0 Å². The molecule has 0 aliphatic carbocycles. The molecule has 0 aliphatic rings. The summed E-state index contributed by atoms with van der Waals surface area (Å²) in [6.07, 6.45) is 1.38. The van der Waals surface area contributed by atoms with Gasteiger partial charge in [-0.1, -0.05) is 24.3 Å². The molecule has 2 aromatic heterocycles. The van der Waals surface area contributed by atoms with Gasteiger partial charge in [0.2, 0.25) is 0 Å². The molecule has 0 spiro atoms. The Balaban J connectivity index is 2.19. The van der Waals surface area contributed by atoms with E-state index in [1.807, 2.05) is 24.3 Å². The molecule has 2 N–H and O–H groups in total. The Kier molecular flexibility index (Phi) is 2.66. The monoisotopic (exact) mass is 259 g/mol. The number of nitrogens with zero attached hydrogens (tertiary/aromatic N) is 2. The number of hydrogen-bond donors (Lipinski definition) is 2. The maximum Gasteiger partial charge on any atom is 0.270 e. The van der Waals surface area contributed by atoms with Gasteiger partial charge in [-0.15, -0.1) is 0 Å². The van der Waals surface area contributed by atoms with Crippen LogP contribution in [0.25, 0.3) is 21.5 Å². The van der Waals surface area contributed by atoms with Crippen LogP contribution in [-0.4, -0.2) is 19.4 Å². The summed E-state index contributed by atoms with van der Waals surface area (Å²) in [4.78, 5) is 18.3. The maximum absolute atomic E-state index is 11.6. The lowest BCUT2D eigenvalue weighted by Crippen LogP contribution is -2.03. The van der Waals surface area contributed by atoms with Gasteiger partial charge >= 0.3 is 0 Å². The molecule has 0 unspecified atom stereocenters. The fraction of sp³-hybridized carbons (Fsp3) is 0.0833. The molecule has 0 amide bonds. The summed E-state index contributed by atoms with van der Waals surface area (Å²) in [7, 11) is 0. The van der Waals surface area contributed by atoms with Crippen LogP contribution < -0.4 is 5.56 Å². The van der Waals surface area contributed by atoms with Gasteiger partial charge in [-0.05, 0) is 17.1 Å². The molecule has 3 rings (SSSR count). The Morgan fingerprint density at radius 2 is 2.06 bits per heavy atom. The molecule has 6 heteroatoms. The molecule has 0 saturated carbocycles. The summed E-state index contributed by atoms with van der Waals surface area (Å²) >= 11 is 1.14. The first-order valence-corrected chi connectivity index (χ1v) is 6.10. The van der Waals surface area contributed by atoms with E-state index in [0.717, 1.165) is 22.7 Å². The van der Waals surface area contributed by atoms with E-state index in [9.17, 15) is 4.79 Å². The highest BCUT2D eigenvalue weighted by molar-refractivity contribution is 7.13. The zero-order valence-electron chi connectivity index (χ0n) is 9.25. The lowest BCUT2D eigenvalue weighted by molar-refractivity contribution is 0.282. The normalized spacial score (nSPS) is 10.9. The van der Waals surface area contributed by atoms with E-state index in [1.165, 1.54) is 6.33 Å². The van der Waals surface area contributed by atoms with Gasteiger partial charge in [0.1, 0.15) is 15.9 Å². The second kappa shape index (κ2) is 4.32. The minimum atomic E-state index is -0.171. The lowest BCUT2D eigenvalue weighted by Gasteiger charge is -1.99. The van der Waals surface area contributed by atoms with Crippen LogP contribution in [-0.2, 0) is 6.61 Å². The van der Waals surface area contributed by atoms with Crippen LogP contribution in [0.4, 0.5) is 0 Å². The average Bonchev–Trinajstić information content (AvgIpc) is 2.84. The van der Waals surface area contributed by atoms with E-state index in [-0.39, 0.29) is 12.2 Å². The van der Waals surface area contributed by atoms with Crippen molar-refractivity contribution >= 4 is 21.7 Å². The smallest absolute Gasteiger partial charge is 0.270 e. The predicted octanol–water partition coefficient (Wildman–Crippen LogP) is 1.54. The Labute approximate surface area is 106 Å². The van der Waals surface area contributed by atoms with Crippen LogP contribution >= 0.6 is 11.5 Å². The van der Waals surface area contributed by atoms with Crippen molar-refractivity contribution in [1.29, 1.82) is 0 Å². The molecule has 3 aromatic rings. The molecular weight excluding hydrogens is 250 g/mol. The number of aliphatic hydroxyl groups excluding tert-OH is 1. The van der Waals surface area contributed by atoms with Crippen LogP contribution in [0.2, 0.25) is 0 Å². The van der Waals surface area contributed by atoms with Gasteiger partial charge in [-0.25, -0.2) is 4.98 Å². The van der Waals surface area contributed by atoms with Gasteiger partial charge in [-0.2, -0.15) is 4.37 Å². The third-order valence-corrected chi connectivity index (χ3v) is 3.51. The molecule has 0 aliphatic heterocycles. The molecule has 0 bridgehead atoms. The SMILES string of the molecule is O=c1[nH]cnc2c(-c3ccc(CO)cc3)nsc12. The van der Waals surface area contributed by atoms with Crippen molar-refractivity contribution in [3.05, 3.63) is 46.5 Å². The Bertz CT molecular complexity index is 746. The quantitative estimate of drug-likeness (QED) is 0.731. The number of aliphatic hydroxyl groups is 1. The summed E-state index contributed by atoms with van der Waals surface area (Å²) in [6, 6.07) is 7.38. The molecule has 2 heterocycles. The molecular formula is C12H9N3O2S. The first-order valence-electron chi connectivity index (χ1n) is 5.33. The van der Waals surface area contributed by atoms with Gasteiger partial charge in [0.15, 0.2) is 0 Å². The van der Waals surface area contributed by atoms with Crippen LogP contribution in [0.1, 0.15) is 5.56 Å². The van der Waals surface area contributed by atoms with Crippen molar-refractivity contribution in [2.24, 2.45) is 0 Å². The number of nitrogens with one attached hydrogen (secondary N) is 1. The van der Waals surface area contributed by atoms with Crippen LogP contribution in [0.3, 0.4) is 0 Å². The van der Waals surface area contributed by atoms with Crippen molar-refractivity contribution in [1.82, 2.24) is 14.3 Å². The molecule has 0 saturated heterocycles. The van der Waals surface area contributed by atoms with Gasteiger partial charge in [0, 0.05) is 5.56 Å². The number of hydrogen-bond acceptors (Lipinski definition) is 5. The number of rotatable bonds is 2. The second-order valence-corrected chi connectivity index (χ2v) is 4.57. The van der Waals surface area contributed by atoms with E-state index in [1.54, 1.807) is 0 Å². The minimum Gasteiger partial charge on any atom is -0.392 e. The summed E-state index contributed by atoms with van der Waals surface area (Å²) in [5.74, 6) is 0. The second-order valence-electron chi connectivity index (χ2n) is 3.80. The van der Waals surface area contributed by atoms with Crippen molar-refractivity contribution < 1.29 is 5.11 Å². The van der Waals surface area contributed by atoms with Gasteiger partial charge in [-0.3, -0.25) is 4.79 Å². The standard InChI is InChI=1S/C12H9N3O2S/c16-5-7-1-3-8(4-2-7)9-10-11(18-15-9)12(17)14-6-13-10/h1-4,6,16H,5H2,(H,13,14,17). The first kappa shape index (κ1) is 11.1. The molecule has 18 heavy (non-hydrogen) atoms. The minimum absolute atomic E-state index is 0.00993. The molecule has 0 fully saturated rings. The van der Waals surface area contributed by atoms with Crippen LogP contribution in [0.15, 0.2) is 35.4 Å². The highest BCUT2D eigenvalue weighted by Gasteiger charge is 2.11. The molecule has 1 aromatic carbocycles. The number of aromatic nitrogens is 3. The van der Waals surface area contributed by atoms with E-state index < -0.39 is 0 Å². The van der Waals surface area contributed by atoms with Crippen molar-refractivity contribution in [3.8, 4) is 11.3 Å². The first-order chi connectivity index (χ1) is 8.79. The lowest BCUT2D eigenvalue weighted by atomic mass is 10.1. The highest BCUT2D eigenvalue weighted by Crippen LogP contribution is 2.27. The zero-order chi connectivity index (χ0) is 12.5. The number of fused-ring (bicyclic) bond motifs is 1. The third kappa shape index (κ3) is 1.71. The highest BCUT2D eigenvalue weighted by atomic mass is 32.1. The van der Waals surface area contributed by atoms with E-state index in [4.69, 9.17) is 5.11 Å². The van der Waals surface area contributed by atoms with Gasteiger partial charge in [0.05, 0.1) is 12.9 Å². The molecule has 5 nitrogen and oxygen atoms in total. The summed E-state index contributed by atoms with van der Waals surface area (Å²) in [5, 5.41) is 9.00. The zero-order valence-corrected chi connectivity index (χ0v) is 10.1. The fourth-order valence-electron chi connectivity index (χ4n) is 1.73. The molecule has 0 atom stereocenters. The molecule has 0 radical (unpaired) electrons. The van der Waals surface area contributed by atoms with Crippen LogP contribution in [0.5, 0.6) is 0 Å². The predicted molar refractivity (Wildman–Crippen MR) is 69.4 cm³/mol. The number of benzene rings is 1. The van der Waals surface area contributed by atoms with Crippen LogP contribution in [0, 0.1) is 0 Å². The summed E-state index contributed by atoms with van der Waals surface area (Å²) < 4.78 is 4.81. The topological polar surface area (TPSA) is 78.9 Å². The van der Waals surface area contributed by atoms with Gasteiger partial charge < -0.3 is 10.1 Å². The summed E-state index contributed by atoms with van der Waals surface area (Å²) in [6.45, 7) is 0.00993. The van der Waals surface area contributed by atoms with Crippen molar-refractivity contribution in [3.63, 3.8) is 0 Å². The largest absolute Gasteiger partial charge is 0.392 e. The third-order valence-electron chi connectivity index (χ3n) is 2.67. The van der Waals surface area contributed by atoms with E-state index in [0.29, 0.717) is 15.9 Å². The van der Waals surface area contributed by atoms with Gasteiger partial charge in [0.25, 0.3) is 5.56 Å². The maximum atomic E-state index is 11.6. The van der Waals surface area contributed by atoms with E-state index in [2.05, 4.69) is 14.3 Å². The number of H-pyrrole nitrogens is 1. The average molecular weight is 259 g/mol. The summed E-state index contributed by atoms with van der Waals surface area (Å²) in [5.41, 5.74) is 2.86. The number of aromatic amines is 1. The Hall–Kier alpha value is -2.05. The molecule has 90 valence electrons. The van der Waals surface area contributed by atoms with Crippen molar-refractivity contribution in [2.75, 3.05) is 0 Å².